The van der Waals surface area contributed by atoms with E-state index in [1.165, 1.54) is 0 Å². The van der Waals surface area contributed by atoms with Gasteiger partial charge in [0, 0.05) is 29.2 Å². The first-order valence-corrected chi connectivity index (χ1v) is 11.5. The number of benzene rings is 1. The van der Waals surface area contributed by atoms with E-state index in [0.29, 0.717) is 31.3 Å². The highest BCUT2D eigenvalue weighted by atomic mass is 32.1. The van der Waals surface area contributed by atoms with Gasteiger partial charge in [0.25, 0.3) is 5.91 Å². The molecule has 7 nitrogen and oxygen atoms in total. The third kappa shape index (κ3) is 3.68. The van der Waals surface area contributed by atoms with Gasteiger partial charge in [0.2, 0.25) is 5.88 Å². The number of methoxy groups -OCH3 is 1. The molecule has 0 fully saturated rings. The lowest BCUT2D eigenvalue weighted by Crippen LogP contribution is -2.32. The number of ether oxygens (including phenoxy) is 2. The first kappa shape index (κ1) is 20.8. The molecule has 1 aromatic carbocycles. The topological polar surface area (TPSA) is 76.6 Å². The predicted octanol–water partition coefficient (Wildman–Crippen LogP) is 4.36. The maximum absolute atomic E-state index is 12.6. The Morgan fingerprint density at radius 1 is 1.28 bits per heavy atom. The van der Waals surface area contributed by atoms with Crippen LogP contribution in [0.15, 0.2) is 30.5 Å². The second-order valence-electron chi connectivity index (χ2n) is 9.02. The van der Waals surface area contributed by atoms with Crippen molar-refractivity contribution < 1.29 is 14.3 Å². The second-order valence-corrected chi connectivity index (χ2v) is 10.1. The van der Waals surface area contributed by atoms with Crippen molar-refractivity contribution in [2.45, 2.75) is 27.2 Å². The van der Waals surface area contributed by atoms with Gasteiger partial charge in [0.1, 0.15) is 18.1 Å². The number of amides is 1. The minimum atomic E-state index is -0.0875. The first-order valence-electron chi connectivity index (χ1n) is 10.7. The zero-order valence-electron chi connectivity index (χ0n) is 18.7. The Bertz CT molecular complexity index is 1190. The molecule has 1 amide bonds. The Morgan fingerprint density at radius 2 is 2.12 bits per heavy atom. The van der Waals surface area contributed by atoms with Gasteiger partial charge < -0.3 is 19.7 Å². The van der Waals surface area contributed by atoms with E-state index in [0.717, 1.165) is 44.6 Å². The van der Waals surface area contributed by atoms with Gasteiger partial charge in [-0.3, -0.25) is 4.79 Å². The summed E-state index contributed by atoms with van der Waals surface area (Å²) in [7, 11) is 1.61. The Balaban J connectivity index is 1.56. The monoisotopic (exact) mass is 450 g/mol. The Hall–Kier alpha value is -3.13. The van der Waals surface area contributed by atoms with Crippen molar-refractivity contribution in [3.8, 4) is 22.8 Å². The molecular formula is C24H26N4O3S. The van der Waals surface area contributed by atoms with Crippen molar-refractivity contribution in [2.75, 3.05) is 31.7 Å². The summed E-state index contributed by atoms with van der Waals surface area (Å²) in [4.78, 5) is 25.0. The predicted molar refractivity (Wildman–Crippen MR) is 125 cm³/mol. The fourth-order valence-electron chi connectivity index (χ4n) is 4.19. The summed E-state index contributed by atoms with van der Waals surface area (Å²) < 4.78 is 11.2. The fourth-order valence-corrected chi connectivity index (χ4v) is 5.54. The molecule has 5 rings (SSSR count). The van der Waals surface area contributed by atoms with Crippen molar-refractivity contribution >= 4 is 28.1 Å². The fraction of sp³-hybridized carbons (Fsp3) is 0.375. The number of aromatic nitrogens is 2. The molecular weight excluding hydrogens is 424 g/mol. The van der Waals surface area contributed by atoms with Crippen LogP contribution in [0.4, 0.5) is 10.8 Å². The van der Waals surface area contributed by atoms with E-state index in [4.69, 9.17) is 14.5 Å². The summed E-state index contributed by atoms with van der Waals surface area (Å²) in [6, 6.07) is 8.06. The molecule has 8 heteroatoms. The summed E-state index contributed by atoms with van der Waals surface area (Å²) in [6.45, 7) is 8.31. The lowest BCUT2D eigenvalue weighted by Gasteiger charge is -2.30. The van der Waals surface area contributed by atoms with E-state index in [2.05, 4.69) is 48.1 Å². The van der Waals surface area contributed by atoms with Gasteiger partial charge in [-0.25, -0.2) is 9.97 Å². The van der Waals surface area contributed by atoms with Crippen molar-refractivity contribution in [2.24, 2.45) is 5.41 Å². The van der Waals surface area contributed by atoms with E-state index in [-0.39, 0.29) is 11.3 Å². The zero-order valence-corrected chi connectivity index (χ0v) is 19.5. The maximum atomic E-state index is 12.6. The van der Waals surface area contributed by atoms with E-state index >= 15 is 0 Å². The summed E-state index contributed by atoms with van der Waals surface area (Å²) in [5, 5.41) is 3.85. The Labute approximate surface area is 191 Å². The molecule has 0 atom stereocenters. The van der Waals surface area contributed by atoms with Crippen LogP contribution in [0.2, 0.25) is 0 Å². The first-order chi connectivity index (χ1) is 15.3. The molecule has 0 bridgehead atoms. The van der Waals surface area contributed by atoms with Crippen LogP contribution in [-0.4, -0.2) is 42.7 Å². The number of aryl methyl sites for hydroxylation is 1. The quantitative estimate of drug-likeness (QED) is 0.639. The lowest BCUT2D eigenvalue weighted by molar-refractivity contribution is 0.0940. The smallest absolute Gasteiger partial charge is 0.271 e. The number of rotatable bonds is 3. The molecule has 2 aliphatic heterocycles. The van der Waals surface area contributed by atoms with Gasteiger partial charge in [-0.15, -0.1) is 11.3 Å². The molecule has 3 aromatic rings. The number of hydrogen-bond acceptors (Lipinski definition) is 7. The largest absolute Gasteiger partial charge is 0.490 e. The van der Waals surface area contributed by atoms with Crippen LogP contribution < -0.4 is 19.7 Å². The zero-order chi connectivity index (χ0) is 22.5. The van der Waals surface area contributed by atoms with Crippen LogP contribution in [0.3, 0.4) is 0 Å². The Morgan fingerprint density at radius 3 is 2.88 bits per heavy atom. The molecule has 2 aliphatic rings. The van der Waals surface area contributed by atoms with Gasteiger partial charge in [0.15, 0.2) is 5.13 Å². The van der Waals surface area contributed by atoms with Crippen molar-refractivity contribution in [1.82, 2.24) is 15.3 Å². The SMILES string of the molecule is COc1ccc(-c2cc3c(cc2C)OCCN3c2nc3c(s2)CC(C)(C)CNC3=O)cn1. The molecule has 0 aliphatic carbocycles. The van der Waals surface area contributed by atoms with Crippen molar-refractivity contribution in [3.63, 3.8) is 0 Å². The minimum Gasteiger partial charge on any atom is -0.490 e. The van der Waals surface area contributed by atoms with Gasteiger partial charge >= 0.3 is 0 Å². The van der Waals surface area contributed by atoms with Gasteiger partial charge in [-0.1, -0.05) is 13.8 Å². The summed E-state index contributed by atoms with van der Waals surface area (Å²) in [6.07, 6.45) is 2.65. The van der Waals surface area contributed by atoms with Gasteiger partial charge in [-0.05, 0) is 48.1 Å². The number of fused-ring (bicyclic) bond motifs is 2. The van der Waals surface area contributed by atoms with Gasteiger partial charge in [-0.2, -0.15) is 0 Å². The van der Waals surface area contributed by atoms with Crippen LogP contribution in [0.1, 0.15) is 34.8 Å². The number of nitrogens with one attached hydrogen (secondary N) is 1. The molecule has 0 unspecified atom stereocenters. The molecule has 0 saturated heterocycles. The van der Waals surface area contributed by atoms with Crippen LogP contribution in [0, 0.1) is 12.3 Å². The number of thiazole rings is 1. The molecule has 4 heterocycles. The highest BCUT2D eigenvalue weighted by Crippen LogP contribution is 2.43. The number of hydrogen-bond donors (Lipinski definition) is 1. The molecule has 2 aromatic heterocycles. The molecule has 0 saturated carbocycles. The van der Waals surface area contributed by atoms with E-state index in [9.17, 15) is 4.79 Å². The second kappa shape index (κ2) is 7.78. The van der Waals surface area contributed by atoms with Crippen molar-refractivity contribution in [3.05, 3.63) is 46.6 Å². The lowest BCUT2D eigenvalue weighted by atomic mass is 9.89. The third-order valence-electron chi connectivity index (χ3n) is 5.92. The van der Waals surface area contributed by atoms with Crippen molar-refractivity contribution in [1.29, 1.82) is 0 Å². The summed E-state index contributed by atoms with van der Waals surface area (Å²) >= 11 is 1.61. The molecule has 32 heavy (non-hydrogen) atoms. The average Bonchev–Trinajstić information content (AvgIpc) is 3.15. The minimum absolute atomic E-state index is 0.000717. The molecule has 1 N–H and O–H groups in total. The van der Waals surface area contributed by atoms with Crippen LogP contribution in [-0.2, 0) is 6.42 Å². The average molecular weight is 451 g/mol. The van der Waals surface area contributed by atoms with E-state index in [1.54, 1.807) is 18.4 Å². The molecule has 0 spiro atoms. The number of nitrogens with zero attached hydrogens (tertiary/aromatic N) is 3. The normalized spacial score (nSPS) is 17.0. The Kier molecular flexibility index (Phi) is 5.04. The van der Waals surface area contributed by atoms with Crippen LogP contribution in [0.5, 0.6) is 11.6 Å². The number of anilines is 2. The summed E-state index contributed by atoms with van der Waals surface area (Å²) in [5.74, 6) is 1.32. The third-order valence-corrected chi connectivity index (χ3v) is 7.00. The number of carbonyl (C=O) groups is 1. The standard InChI is InChI=1S/C24H26N4O3S/c1-14-9-18-17(10-16(14)15-5-6-20(30-4)25-12-15)28(7-8-31-18)23-27-21-19(32-23)11-24(2,3)13-26-22(21)29/h5-6,9-10,12H,7-8,11,13H2,1-4H3,(H,26,29). The van der Waals surface area contributed by atoms with Crippen LogP contribution >= 0.6 is 11.3 Å². The van der Waals surface area contributed by atoms with E-state index in [1.807, 2.05) is 18.3 Å². The van der Waals surface area contributed by atoms with E-state index < -0.39 is 0 Å². The number of pyridine rings is 1. The molecule has 0 radical (unpaired) electrons. The highest BCUT2D eigenvalue weighted by molar-refractivity contribution is 7.16. The van der Waals surface area contributed by atoms with Crippen LogP contribution in [0.25, 0.3) is 11.1 Å². The number of carbonyl (C=O) groups excluding carboxylic acids is 1. The maximum Gasteiger partial charge on any atom is 0.271 e. The summed E-state index contributed by atoms with van der Waals surface area (Å²) in [5.41, 5.74) is 4.69. The molecule has 166 valence electrons. The van der Waals surface area contributed by atoms with Gasteiger partial charge in [0.05, 0.1) is 19.3 Å². The highest BCUT2D eigenvalue weighted by Gasteiger charge is 2.32.